The first-order valence-corrected chi connectivity index (χ1v) is 11.4. The molecule has 0 aromatic heterocycles. The number of benzene rings is 3. The van der Waals surface area contributed by atoms with Gasteiger partial charge >= 0.3 is 5.97 Å². The van der Waals surface area contributed by atoms with Crippen LogP contribution in [0.25, 0.3) is 0 Å². The molecule has 1 fully saturated rings. The maximum atomic E-state index is 13.0. The molecule has 0 aliphatic heterocycles. The molecule has 4 rings (SSSR count). The number of rotatable bonds is 8. The molecule has 6 heteroatoms. The van der Waals surface area contributed by atoms with Gasteiger partial charge in [0.1, 0.15) is 23.7 Å². The molecule has 172 valence electrons. The van der Waals surface area contributed by atoms with E-state index in [-0.39, 0.29) is 12.6 Å². The minimum absolute atomic E-state index is 0.176. The molecule has 6 nitrogen and oxygen atoms in total. The van der Waals surface area contributed by atoms with Crippen LogP contribution in [0.4, 0.5) is 5.69 Å². The van der Waals surface area contributed by atoms with E-state index >= 15 is 0 Å². The number of hydrogen-bond acceptors (Lipinski definition) is 6. The Bertz CT molecular complexity index is 1050. The molecule has 0 atom stereocenters. The average molecular weight is 447 g/mol. The number of nitrogens with zero attached hydrogens (tertiary/aromatic N) is 1. The van der Waals surface area contributed by atoms with E-state index in [9.17, 15) is 4.79 Å². The van der Waals surface area contributed by atoms with Gasteiger partial charge in [-0.25, -0.2) is 10.6 Å². The highest BCUT2D eigenvalue weighted by Gasteiger charge is 2.26. The Balaban J connectivity index is 1.66. The molecule has 0 heterocycles. The summed E-state index contributed by atoms with van der Waals surface area (Å²) in [6.45, 7) is 0.176. The van der Waals surface area contributed by atoms with Crippen LogP contribution in [0.15, 0.2) is 72.8 Å². The van der Waals surface area contributed by atoms with Crippen molar-refractivity contribution in [3.63, 3.8) is 0 Å². The Morgan fingerprint density at radius 3 is 2.27 bits per heavy atom. The SMILES string of the molecule is COc1cc(Oc2ccccc2)c(N(N)C2CCCCC2)cc1C(=O)OCc1ccccc1. The molecule has 0 bridgehead atoms. The smallest absolute Gasteiger partial charge is 0.342 e. The second-order valence-electron chi connectivity index (χ2n) is 8.20. The molecular weight excluding hydrogens is 416 g/mol. The zero-order valence-corrected chi connectivity index (χ0v) is 18.9. The zero-order valence-electron chi connectivity index (χ0n) is 18.9. The van der Waals surface area contributed by atoms with Crippen LogP contribution in [-0.2, 0) is 11.3 Å². The number of esters is 1. The molecule has 1 aliphatic rings. The lowest BCUT2D eigenvalue weighted by molar-refractivity contribution is 0.0469. The average Bonchev–Trinajstić information content (AvgIpc) is 2.88. The summed E-state index contributed by atoms with van der Waals surface area (Å²) >= 11 is 0. The van der Waals surface area contributed by atoms with Gasteiger partial charge in [-0.2, -0.15) is 0 Å². The van der Waals surface area contributed by atoms with E-state index in [4.69, 9.17) is 20.1 Å². The predicted molar refractivity (Wildman–Crippen MR) is 129 cm³/mol. The third-order valence-electron chi connectivity index (χ3n) is 5.93. The molecule has 0 spiro atoms. The van der Waals surface area contributed by atoms with Crippen LogP contribution in [0.1, 0.15) is 48.0 Å². The number of ether oxygens (including phenoxy) is 3. The summed E-state index contributed by atoms with van der Waals surface area (Å²) in [7, 11) is 1.52. The first kappa shape index (κ1) is 22.7. The summed E-state index contributed by atoms with van der Waals surface area (Å²) in [6.07, 6.45) is 5.49. The van der Waals surface area contributed by atoms with Gasteiger partial charge < -0.3 is 19.2 Å². The van der Waals surface area contributed by atoms with Gasteiger partial charge in [-0.1, -0.05) is 67.8 Å². The number of carbonyl (C=O) groups is 1. The predicted octanol–water partition coefficient (Wildman–Crippen LogP) is 5.86. The summed E-state index contributed by atoms with van der Waals surface area (Å²) in [5.74, 6) is 7.72. The van der Waals surface area contributed by atoms with Gasteiger partial charge in [-0.15, -0.1) is 0 Å². The van der Waals surface area contributed by atoms with Crippen molar-refractivity contribution >= 4 is 11.7 Å². The van der Waals surface area contributed by atoms with Crippen LogP contribution in [0.3, 0.4) is 0 Å². The standard InChI is InChI=1S/C27H30N2O4/c1-31-25-18-26(33-22-15-9-4-10-16-22)24(29(28)21-13-7-3-8-14-21)17-23(25)27(30)32-19-20-11-5-2-6-12-20/h2,4-6,9-12,15-18,21H,3,7-8,13-14,19,28H2,1H3. The molecule has 33 heavy (non-hydrogen) atoms. The van der Waals surface area contributed by atoms with Crippen LogP contribution in [-0.4, -0.2) is 19.1 Å². The van der Waals surface area contributed by atoms with E-state index in [1.165, 1.54) is 13.5 Å². The molecular formula is C27H30N2O4. The number of para-hydroxylation sites is 1. The fraction of sp³-hybridized carbons (Fsp3) is 0.296. The van der Waals surface area contributed by atoms with Crippen LogP contribution in [0, 0.1) is 0 Å². The van der Waals surface area contributed by atoms with Crippen molar-refractivity contribution in [1.82, 2.24) is 0 Å². The summed E-state index contributed by atoms with van der Waals surface area (Å²) in [6, 6.07) is 22.7. The largest absolute Gasteiger partial charge is 0.496 e. The second kappa shape index (κ2) is 10.9. The number of hydrazine groups is 1. The van der Waals surface area contributed by atoms with E-state index < -0.39 is 5.97 Å². The zero-order chi connectivity index (χ0) is 23.0. The lowest BCUT2D eigenvalue weighted by atomic mass is 9.94. The molecule has 3 aromatic rings. The van der Waals surface area contributed by atoms with Crippen molar-refractivity contribution in [2.75, 3.05) is 12.1 Å². The van der Waals surface area contributed by atoms with Crippen molar-refractivity contribution in [3.8, 4) is 17.2 Å². The lowest BCUT2D eigenvalue weighted by Gasteiger charge is -2.33. The molecule has 3 aromatic carbocycles. The van der Waals surface area contributed by atoms with Gasteiger partial charge in [0.15, 0.2) is 5.75 Å². The van der Waals surface area contributed by atoms with Crippen molar-refractivity contribution in [2.24, 2.45) is 5.84 Å². The van der Waals surface area contributed by atoms with E-state index in [1.807, 2.05) is 60.7 Å². The Labute approximate surface area is 194 Å². The van der Waals surface area contributed by atoms with Gasteiger partial charge in [0, 0.05) is 12.1 Å². The minimum Gasteiger partial charge on any atom is -0.496 e. The molecule has 1 saturated carbocycles. The third-order valence-corrected chi connectivity index (χ3v) is 5.93. The molecule has 0 unspecified atom stereocenters. The highest BCUT2D eigenvalue weighted by molar-refractivity contribution is 5.94. The van der Waals surface area contributed by atoms with Gasteiger partial charge in [-0.05, 0) is 36.6 Å². The Morgan fingerprint density at radius 1 is 0.939 bits per heavy atom. The lowest BCUT2D eigenvalue weighted by Crippen LogP contribution is -2.42. The number of anilines is 1. The van der Waals surface area contributed by atoms with Crippen LogP contribution in [0.5, 0.6) is 17.2 Å². The van der Waals surface area contributed by atoms with Crippen LogP contribution < -0.4 is 20.3 Å². The maximum absolute atomic E-state index is 13.0. The Morgan fingerprint density at radius 2 is 1.61 bits per heavy atom. The molecule has 1 aliphatic carbocycles. The van der Waals surface area contributed by atoms with Gasteiger partial charge in [0.2, 0.25) is 0 Å². The van der Waals surface area contributed by atoms with Crippen LogP contribution in [0.2, 0.25) is 0 Å². The summed E-state index contributed by atoms with van der Waals surface area (Å²) in [5.41, 5.74) is 1.87. The fourth-order valence-corrected chi connectivity index (χ4v) is 4.13. The fourth-order valence-electron chi connectivity index (χ4n) is 4.13. The maximum Gasteiger partial charge on any atom is 0.342 e. The monoisotopic (exact) mass is 446 g/mol. The van der Waals surface area contributed by atoms with Crippen LogP contribution >= 0.6 is 0 Å². The first-order chi connectivity index (χ1) is 16.2. The number of hydrogen-bond donors (Lipinski definition) is 1. The van der Waals surface area contributed by atoms with Crippen molar-refractivity contribution in [3.05, 3.63) is 83.9 Å². The normalized spacial score (nSPS) is 13.9. The highest BCUT2D eigenvalue weighted by atomic mass is 16.5. The van der Waals surface area contributed by atoms with E-state index in [0.717, 1.165) is 31.2 Å². The number of carbonyl (C=O) groups excluding carboxylic acids is 1. The molecule has 2 N–H and O–H groups in total. The van der Waals surface area contributed by atoms with Crippen molar-refractivity contribution in [1.29, 1.82) is 0 Å². The van der Waals surface area contributed by atoms with E-state index in [1.54, 1.807) is 17.1 Å². The second-order valence-corrected chi connectivity index (χ2v) is 8.20. The highest BCUT2D eigenvalue weighted by Crippen LogP contribution is 2.39. The number of methoxy groups -OCH3 is 1. The number of nitrogens with two attached hydrogens (primary N) is 1. The van der Waals surface area contributed by atoms with Crippen molar-refractivity contribution < 1.29 is 19.0 Å². The van der Waals surface area contributed by atoms with Gasteiger partial charge in [0.05, 0.1) is 12.8 Å². The Hall–Kier alpha value is -3.51. The minimum atomic E-state index is -0.472. The molecule has 0 amide bonds. The van der Waals surface area contributed by atoms with E-state index in [0.29, 0.717) is 28.5 Å². The molecule has 0 saturated heterocycles. The Kier molecular flexibility index (Phi) is 7.47. The van der Waals surface area contributed by atoms with Gasteiger partial charge in [0.25, 0.3) is 0 Å². The third kappa shape index (κ3) is 5.65. The summed E-state index contributed by atoms with van der Waals surface area (Å²) < 4.78 is 17.3. The summed E-state index contributed by atoms with van der Waals surface area (Å²) in [4.78, 5) is 13.0. The molecule has 0 radical (unpaired) electrons. The summed E-state index contributed by atoms with van der Waals surface area (Å²) in [5, 5.41) is 1.74. The van der Waals surface area contributed by atoms with Gasteiger partial charge in [-0.3, -0.25) is 0 Å². The quantitative estimate of drug-likeness (QED) is 0.265. The van der Waals surface area contributed by atoms with Crippen molar-refractivity contribution in [2.45, 2.75) is 44.8 Å². The topological polar surface area (TPSA) is 74.0 Å². The first-order valence-electron chi connectivity index (χ1n) is 11.4. The van der Waals surface area contributed by atoms with E-state index in [2.05, 4.69) is 0 Å².